The molecule has 0 aliphatic carbocycles. The van der Waals surface area contributed by atoms with Gasteiger partial charge in [-0.25, -0.2) is 0 Å². The van der Waals surface area contributed by atoms with Crippen molar-refractivity contribution in [2.24, 2.45) is 0 Å². The standard InChI is InChI=1S/C22H25ClN2O3/c1-13(14-5-7-15(23)8-6-14)12-25-19(20(27)24-22(2,3)4)17-10-9-16(26)11-18(17)21(25)28/h5-11,13,19,26H,12H2,1-4H3,(H,24,27). The Kier molecular flexibility index (Phi) is 5.39. The van der Waals surface area contributed by atoms with Gasteiger partial charge in [0.2, 0.25) is 5.91 Å². The fraction of sp³-hybridized carbons (Fsp3) is 0.364. The van der Waals surface area contributed by atoms with Crippen molar-refractivity contribution in [3.8, 4) is 5.75 Å². The van der Waals surface area contributed by atoms with E-state index in [1.54, 1.807) is 11.0 Å². The van der Waals surface area contributed by atoms with Gasteiger partial charge in [0.25, 0.3) is 5.91 Å². The number of phenols is 1. The van der Waals surface area contributed by atoms with E-state index in [9.17, 15) is 14.7 Å². The minimum atomic E-state index is -0.725. The van der Waals surface area contributed by atoms with Crippen LogP contribution in [-0.4, -0.2) is 33.9 Å². The van der Waals surface area contributed by atoms with Crippen LogP contribution >= 0.6 is 11.6 Å². The molecule has 2 aromatic carbocycles. The highest BCUT2D eigenvalue weighted by atomic mass is 35.5. The van der Waals surface area contributed by atoms with Gasteiger partial charge in [-0.2, -0.15) is 0 Å². The fourth-order valence-corrected chi connectivity index (χ4v) is 3.63. The first kappa shape index (κ1) is 20.2. The van der Waals surface area contributed by atoms with E-state index in [2.05, 4.69) is 5.32 Å². The normalized spacial score (nSPS) is 17.4. The first-order chi connectivity index (χ1) is 13.1. The molecule has 2 unspecified atom stereocenters. The molecular weight excluding hydrogens is 376 g/mol. The molecule has 0 fully saturated rings. The van der Waals surface area contributed by atoms with E-state index >= 15 is 0 Å². The van der Waals surface area contributed by atoms with Gasteiger partial charge in [0, 0.05) is 22.7 Å². The summed E-state index contributed by atoms with van der Waals surface area (Å²) in [5, 5.41) is 13.4. The molecule has 2 amide bonds. The largest absolute Gasteiger partial charge is 0.508 e. The number of aromatic hydroxyl groups is 1. The Balaban J connectivity index is 1.94. The lowest BCUT2D eigenvalue weighted by Crippen LogP contribution is -2.47. The highest BCUT2D eigenvalue weighted by Crippen LogP contribution is 2.37. The van der Waals surface area contributed by atoms with Crippen LogP contribution in [0.1, 0.15) is 61.1 Å². The van der Waals surface area contributed by atoms with Crippen molar-refractivity contribution in [1.82, 2.24) is 10.2 Å². The molecule has 28 heavy (non-hydrogen) atoms. The van der Waals surface area contributed by atoms with Crippen LogP contribution in [-0.2, 0) is 4.79 Å². The van der Waals surface area contributed by atoms with Crippen LogP contribution in [0.25, 0.3) is 0 Å². The fourth-order valence-electron chi connectivity index (χ4n) is 3.51. The number of carbonyl (C=O) groups excluding carboxylic acids is 2. The van der Waals surface area contributed by atoms with Gasteiger partial charge in [-0.15, -0.1) is 0 Å². The van der Waals surface area contributed by atoms with E-state index in [1.165, 1.54) is 12.1 Å². The molecule has 148 valence electrons. The first-order valence-electron chi connectivity index (χ1n) is 9.28. The molecule has 0 bridgehead atoms. The van der Waals surface area contributed by atoms with E-state index < -0.39 is 11.6 Å². The van der Waals surface area contributed by atoms with E-state index in [4.69, 9.17) is 11.6 Å². The zero-order chi connectivity index (χ0) is 20.6. The third-order valence-electron chi connectivity index (χ3n) is 4.79. The second-order valence-electron chi connectivity index (χ2n) is 8.32. The lowest BCUT2D eigenvalue weighted by Gasteiger charge is -2.30. The Morgan fingerprint density at radius 2 is 1.86 bits per heavy atom. The van der Waals surface area contributed by atoms with Crippen LogP contribution < -0.4 is 5.32 Å². The zero-order valence-corrected chi connectivity index (χ0v) is 17.2. The Bertz CT molecular complexity index is 903. The van der Waals surface area contributed by atoms with E-state index in [-0.39, 0.29) is 23.5 Å². The molecule has 1 aliphatic rings. The van der Waals surface area contributed by atoms with Crippen LogP contribution in [0.3, 0.4) is 0 Å². The summed E-state index contributed by atoms with van der Waals surface area (Å²) in [5.41, 5.74) is 1.60. The summed E-state index contributed by atoms with van der Waals surface area (Å²) < 4.78 is 0. The average Bonchev–Trinajstić information content (AvgIpc) is 2.86. The lowest BCUT2D eigenvalue weighted by molar-refractivity contribution is -0.127. The summed E-state index contributed by atoms with van der Waals surface area (Å²) in [4.78, 5) is 27.7. The van der Waals surface area contributed by atoms with E-state index in [0.29, 0.717) is 22.7 Å². The Morgan fingerprint density at radius 3 is 2.46 bits per heavy atom. The predicted octanol–water partition coefficient (Wildman–Crippen LogP) is 4.26. The predicted molar refractivity (Wildman–Crippen MR) is 110 cm³/mol. The van der Waals surface area contributed by atoms with Gasteiger partial charge < -0.3 is 15.3 Å². The Morgan fingerprint density at radius 1 is 1.21 bits per heavy atom. The smallest absolute Gasteiger partial charge is 0.255 e. The lowest BCUT2D eigenvalue weighted by atomic mass is 9.99. The van der Waals surface area contributed by atoms with Crippen LogP contribution in [0.15, 0.2) is 42.5 Å². The number of carbonyl (C=O) groups is 2. The van der Waals surface area contributed by atoms with Crippen LogP contribution in [0.2, 0.25) is 5.02 Å². The molecule has 2 atom stereocenters. The number of nitrogens with zero attached hydrogens (tertiary/aromatic N) is 1. The van der Waals surface area contributed by atoms with Gasteiger partial charge in [-0.1, -0.05) is 36.7 Å². The monoisotopic (exact) mass is 400 g/mol. The van der Waals surface area contributed by atoms with Crippen molar-refractivity contribution < 1.29 is 14.7 Å². The molecule has 0 spiro atoms. The van der Waals surface area contributed by atoms with Crippen LogP contribution in [0.5, 0.6) is 5.75 Å². The number of rotatable bonds is 4. The molecule has 1 heterocycles. The zero-order valence-electron chi connectivity index (χ0n) is 16.5. The maximum absolute atomic E-state index is 13.1. The number of halogens is 1. The molecule has 0 radical (unpaired) electrons. The third-order valence-corrected chi connectivity index (χ3v) is 5.04. The SMILES string of the molecule is CC(CN1C(=O)c2cc(O)ccc2C1C(=O)NC(C)(C)C)c1ccc(Cl)cc1. The molecule has 5 nitrogen and oxygen atoms in total. The third kappa shape index (κ3) is 4.14. The number of amides is 2. The number of phenolic OH excluding ortho intramolecular Hbond substituents is 1. The highest BCUT2D eigenvalue weighted by Gasteiger charge is 2.42. The molecule has 2 aromatic rings. The minimum absolute atomic E-state index is 0.00839. The number of benzene rings is 2. The number of nitrogens with one attached hydrogen (secondary N) is 1. The van der Waals surface area contributed by atoms with Gasteiger partial charge in [0.05, 0.1) is 0 Å². The van der Waals surface area contributed by atoms with Crippen molar-refractivity contribution in [2.45, 2.75) is 45.2 Å². The molecular formula is C22H25ClN2O3. The summed E-state index contributed by atoms with van der Waals surface area (Å²) in [5.74, 6) is -0.460. The number of hydrogen-bond donors (Lipinski definition) is 2. The van der Waals surface area contributed by atoms with Crippen molar-refractivity contribution in [3.63, 3.8) is 0 Å². The van der Waals surface area contributed by atoms with Gasteiger partial charge in [0.1, 0.15) is 11.8 Å². The average molecular weight is 401 g/mol. The summed E-state index contributed by atoms with van der Waals surface area (Å²) >= 11 is 5.97. The minimum Gasteiger partial charge on any atom is -0.508 e. The van der Waals surface area contributed by atoms with Gasteiger partial charge >= 0.3 is 0 Å². The summed E-state index contributed by atoms with van der Waals surface area (Å²) in [6.07, 6.45) is 0. The summed E-state index contributed by atoms with van der Waals surface area (Å²) in [7, 11) is 0. The van der Waals surface area contributed by atoms with Gasteiger partial charge in [0.15, 0.2) is 0 Å². The summed E-state index contributed by atoms with van der Waals surface area (Å²) in [6, 6.07) is 11.4. The number of hydrogen-bond acceptors (Lipinski definition) is 3. The topological polar surface area (TPSA) is 69.6 Å². The molecule has 6 heteroatoms. The quantitative estimate of drug-likeness (QED) is 0.805. The van der Waals surface area contributed by atoms with E-state index in [0.717, 1.165) is 5.56 Å². The second-order valence-corrected chi connectivity index (χ2v) is 8.76. The van der Waals surface area contributed by atoms with E-state index in [1.807, 2.05) is 52.0 Å². The molecule has 2 N–H and O–H groups in total. The van der Waals surface area contributed by atoms with Crippen molar-refractivity contribution in [2.75, 3.05) is 6.54 Å². The van der Waals surface area contributed by atoms with Crippen LogP contribution in [0.4, 0.5) is 0 Å². The maximum Gasteiger partial charge on any atom is 0.255 e. The van der Waals surface area contributed by atoms with Crippen molar-refractivity contribution >= 4 is 23.4 Å². The Hall–Kier alpha value is -2.53. The molecule has 3 rings (SSSR count). The first-order valence-corrected chi connectivity index (χ1v) is 9.66. The maximum atomic E-state index is 13.1. The Labute approximate surface area is 170 Å². The van der Waals surface area contributed by atoms with Crippen molar-refractivity contribution in [3.05, 3.63) is 64.2 Å². The molecule has 0 saturated carbocycles. The van der Waals surface area contributed by atoms with Gasteiger partial charge in [-0.3, -0.25) is 9.59 Å². The number of fused-ring (bicyclic) bond motifs is 1. The second kappa shape index (κ2) is 7.47. The molecule has 1 aliphatic heterocycles. The molecule has 0 saturated heterocycles. The molecule has 0 aromatic heterocycles. The highest BCUT2D eigenvalue weighted by molar-refractivity contribution is 6.30. The van der Waals surface area contributed by atoms with Gasteiger partial charge in [-0.05, 0) is 62.1 Å². The summed E-state index contributed by atoms with van der Waals surface area (Å²) in [6.45, 7) is 8.09. The van der Waals surface area contributed by atoms with Crippen molar-refractivity contribution in [1.29, 1.82) is 0 Å². The van der Waals surface area contributed by atoms with Crippen LogP contribution in [0, 0.1) is 0 Å².